The van der Waals surface area contributed by atoms with Gasteiger partial charge in [0.05, 0.1) is 0 Å². The van der Waals surface area contributed by atoms with Crippen molar-refractivity contribution >= 4 is 15.6 Å². The summed E-state index contributed by atoms with van der Waals surface area (Å²) in [4.78, 5) is 0. The van der Waals surface area contributed by atoms with Crippen LogP contribution in [0.2, 0.25) is 0 Å². The number of para-hydroxylation sites is 4. The van der Waals surface area contributed by atoms with Crippen LogP contribution in [0.25, 0.3) is 11.1 Å². The summed E-state index contributed by atoms with van der Waals surface area (Å²) < 4.78 is 61.9. The van der Waals surface area contributed by atoms with Crippen LogP contribution in [-0.2, 0) is 9.13 Å². The number of phosphoric acid groups is 2. The van der Waals surface area contributed by atoms with E-state index in [1.165, 1.54) is 0 Å². The molecule has 6 aromatic rings. The molecule has 0 aromatic heterocycles. The molecule has 6 rings (SSSR count). The second-order valence-electron chi connectivity index (χ2n) is 9.74. The first-order chi connectivity index (χ1) is 22.4. The molecule has 0 aliphatic heterocycles. The minimum absolute atomic E-state index is 0. The van der Waals surface area contributed by atoms with Gasteiger partial charge in [-0.2, -0.15) is 9.13 Å². The summed E-state index contributed by atoms with van der Waals surface area (Å²) in [6.07, 6.45) is 0. The number of rotatable bonds is 13. The van der Waals surface area contributed by atoms with E-state index in [9.17, 15) is 9.13 Å². The van der Waals surface area contributed by atoms with Crippen molar-refractivity contribution < 1.29 is 36.3 Å². The Morgan fingerprint density at radius 1 is 0.271 bits per heavy atom. The lowest BCUT2D eigenvalue weighted by Crippen LogP contribution is -2.07. The van der Waals surface area contributed by atoms with Crippen LogP contribution in [0.15, 0.2) is 170 Å². The van der Waals surface area contributed by atoms with Crippen LogP contribution >= 0.6 is 15.6 Å². The van der Waals surface area contributed by atoms with Crippen molar-refractivity contribution in [2.45, 2.75) is 14.9 Å². The average molecular weight is 683 g/mol. The molecule has 0 saturated carbocycles. The van der Waals surface area contributed by atoms with Gasteiger partial charge >= 0.3 is 15.6 Å². The average Bonchev–Trinajstić information content (AvgIpc) is 3.07. The van der Waals surface area contributed by atoms with Gasteiger partial charge in [0.1, 0.15) is 34.5 Å². The van der Waals surface area contributed by atoms with Crippen LogP contribution < -0.4 is 27.1 Å². The lowest BCUT2D eigenvalue weighted by atomic mass is 10.1. The molecule has 246 valence electrons. The molecule has 0 heterocycles. The Hall–Kier alpha value is -5.42. The summed E-state index contributed by atoms with van der Waals surface area (Å²) in [6, 6.07) is 48.7. The molecule has 8 nitrogen and oxygen atoms in total. The predicted molar refractivity (Wildman–Crippen MR) is 190 cm³/mol. The molecule has 0 atom stereocenters. The molecule has 0 spiro atoms. The van der Waals surface area contributed by atoms with Crippen LogP contribution in [0, 0.1) is 0 Å². The van der Waals surface area contributed by atoms with Gasteiger partial charge in [0.2, 0.25) is 0 Å². The fourth-order valence-corrected chi connectivity index (χ4v) is 6.73. The Morgan fingerprint density at radius 2 is 0.458 bits per heavy atom. The summed E-state index contributed by atoms with van der Waals surface area (Å²) in [6.45, 7) is 0. The highest BCUT2D eigenvalue weighted by atomic mass is 31.2. The SMILES string of the molecule is C.C.O=P(Oc1ccccc1)(Oc1ccccc1)Oc1ccc(-c2ccc(OP(=O)(Oc3ccccc3)Oc3ccccc3)cc2)cc1. The largest absolute Gasteiger partial charge is 0.647 e. The van der Waals surface area contributed by atoms with E-state index in [1.807, 2.05) is 48.5 Å². The molecule has 0 aliphatic rings. The maximum absolute atomic E-state index is 13.7. The third-order valence-corrected chi connectivity index (χ3v) is 8.92. The standard InChI is InChI=1S/C36H28O8P2.2CH4/c37-45(39-31-13-5-1-6-14-31,40-32-15-7-2-8-16-32)43-35-25-21-29(22-26-35)30-23-27-36(28-24-30)44-46(38,41-33-17-9-3-10-18-33)42-34-19-11-4-12-20-34;;/h1-28H;2*1H4. The Morgan fingerprint density at radius 3 is 0.667 bits per heavy atom. The lowest BCUT2D eigenvalue weighted by molar-refractivity contribution is 0.296. The zero-order chi connectivity index (χ0) is 31.7. The van der Waals surface area contributed by atoms with Gasteiger partial charge in [0, 0.05) is 0 Å². The quantitative estimate of drug-likeness (QED) is 0.111. The van der Waals surface area contributed by atoms with Crippen molar-refractivity contribution in [3.05, 3.63) is 170 Å². The van der Waals surface area contributed by atoms with Gasteiger partial charge in [-0.3, -0.25) is 0 Å². The van der Waals surface area contributed by atoms with Crippen molar-refractivity contribution in [2.24, 2.45) is 0 Å². The van der Waals surface area contributed by atoms with Crippen molar-refractivity contribution in [2.75, 3.05) is 0 Å². The third-order valence-electron chi connectivity index (χ3n) is 6.32. The highest BCUT2D eigenvalue weighted by Gasteiger charge is 2.34. The van der Waals surface area contributed by atoms with Crippen molar-refractivity contribution in [3.63, 3.8) is 0 Å². The topological polar surface area (TPSA) is 89.5 Å². The molecular weight excluding hydrogens is 646 g/mol. The first-order valence-corrected chi connectivity index (χ1v) is 17.1. The first kappa shape index (κ1) is 35.4. The second kappa shape index (κ2) is 16.4. The Kier molecular flexibility index (Phi) is 12.1. The number of benzene rings is 6. The minimum atomic E-state index is -4.12. The molecule has 48 heavy (non-hydrogen) atoms. The molecule has 0 amide bonds. The highest BCUT2D eigenvalue weighted by molar-refractivity contribution is 7.50. The first-order valence-electron chi connectivity index (χ1n) is 14.2. The molecule has 0 aliphatic carbocycles. The van der Waals surface area contributed by atoms with E-state index in [0.717, 1.165) is 11.1 Å². The fraction of sp³-hybridized carbons (Fsp3) is 0.0526. The van der Waals surface area contributed by atoms with Crippen LogP contribution in [0.5, 0.6) is 34.5 Å². The van der Waals surface area contributed by atoms with E-state index in [4.69, 9.17) is 27.1 Å². The molecule has 0 radical (unpaired) electrons. The molecule has 6 aromatic carbocycles. The lowest BCUT2D eigenvalue weighted by Gasteiger charge is -2.20. The van der Waals surface area contributed by atoms with Gasteiger partial charge in [-0.05, 0) is 83.9 Å². The molecule has 10 heteroatoms. The number of hydrogen-bond acceptors (Lipinski definition) is 8. The molecule has 0 unspecified atom stereocenters. The molecule has 0 fully saturated rings. The smallest absolute Gasteiger partial charge is 0.386 e. The summed E-state index contributed by atoms with van der Waals surface area (Å²) in [5.74, 6) is 1.94. The Bertz CT molecular complexity index is 1690. The molecule has 0 saturated heterocycles. The summed E-state index contributed by atoms with van der Waals surface area (Å²) in [5, 5.41) is 0. The van der Waals surface area contributed by atoms with E-state index < -0.39 is 15.6 Å². The van der Waals surface area contributed by atoms with Crippen LogP contribution in [-0.4, -0.2) is 0 Å². The Labute approximate surface area is 281 Å². The molecule has 0 N–H and O–H groups in total. The van der Waals surface area contributed by atoms with E-state index in [2.05, 4.69) is 0 Å². The normalized spacial score (nSPS) is 10.8. The molecular formula is C38H36O8P2. The van der Waals surface area contributed by atoms with Gasteiger partial charge in [-0.1, -0.05) is 112 Å². The third kappa shape index (κ3) is 9.79. The summed E-state index contributed by atoms with van der Waals surface area (Å²) in [5.41, 5.74) is 1.68. The van der Waals surface area contributed by atoms with Crippen molar-refractivity contribution in [1.29, 1.82) is 0 Å². The van der Waals surface area contributed by atoms with Crippen molar-refractivity contribution in [1.82, 2.24) is 0 Å². The zero-order valence-corrected chi connectivity index (χ0v) is 26.1. The van der Waals surface area contributed by atoms with Gasteiger partial charge in [0.25, 0.3) is 0 Å². The number of hydrogen-bond donors (Lipinski definition) is 0. The van der Waals surface area contributed by atoms with Crippen LogP contribution in [0.3, 0.4) is 0 Å². The zero-order valence-electron chi connectivity index (χ0n) is 24.3. The van der Waals surface area contributed by atoms with E-state index in [0.29, 0.717) is 23.0 Å². The maximum Gasteiger partial charge on any atom is 0.647 e. The fourth-order valence-electron chi connectivity index (χ4n) is 4.23. The summed E-state index contributed by atoms with van der Waals surface area (Å²) in [7, 11) is -8.23. The van der Waals surface area contributed by atoms with Crippen LogP contribution in [0.1, 0.15) is 14.9 Å². The van der Waals surface area contributed by atoms with Gasteiger partial charge < -0.3 is 27.1 Å². The van der Waals surface area contributed by atoms with Gasteiger partial charge in [0.15, 0.2) is 0 Å². The van der Waals surface area contributed by atoms with Gasteiger partial charge in [-0.15, -0.1) is 0 Å². The van der Waals surface area contributed by atoms with E-state index in [-0.39, 0.29) is 26.4 Å². The minimum Gasteiger partial charge on any atom is -0.386 e. The number of phosphoric ester groups is 2. The molecule has 0 bridgehead atoms. The monoisotopic (exact) mass is 682 g/mol. The van der Waals surface area contributed by atoms with E-state index >= 15 is 0 Å². The second-order valence-corrected chi connectivity index (χ2v) is 12.6. The predicted octanol–water partition coefficient (Wildman–Crippen LogP) is 11.9. The highest BCUT2D eigenvalue weighted by Crippen LogP contribution is 2.51. The van der Waals surface area contributed by atoms with Crippen molar-refractivity contribution in [3.8, 4) is 45.6 Å². The summed E-state index contributed by atoms with van der Waals surface area (Å²) >= 11 is 0. The van der Waals surface area contributed by atoms with Gasteiger partial charge in [-0.25, -0.2) is 0 Å². The van der Waals surface area contributed by atoms with E-state index in [1.54, 1.807) is 121 Å². The maximum atomic E-state index is 13.7. The Balaban J connectivity index is 0.00000260. The van der Waals surface area contributed by atoms with Crippen LogP contribution in [0.4, 0.5) is 0 Å².